The number of esters is 1. The van der Waals surface area contributed by atoms with Gasteiger partial charge in [-0.3, -0.25) is 9.98 Å². The minimum absolute atomic E-state index is 0.406. The van der Waals surface area contributed by atoms with Gasteiger partial charge in [0, 0.05) is 18.0 Å². The van der Waals surface area contributed by atoms with Gasteiger partial charge in [-0.1, -0.05) is 6.07 Å². The lowest BCUT2D eigenvalue weighted by Crippen LogP contribution is -2.06. The van der Waals surface area contributed by atoms with E-state index >= 15 is 0 Å². The number of hydrazone groups is 1. The highest BCUT2D eigenvalue weighted by Gasteiger charge is 2.07. The average Bonchev–Trinajstić information content (AvgIpc) is 2.57. The molecule has 2 N–H and O–H groups in total. The summed E-state index contributed by atoms with van der Waals surface area (Å²) in [4.78, 5) is 19.9. The molecule has 0 saturated carbocycles. The van der Waals surface area contributed by atoms with Gasteiger partial charge in [0.05, 0.1) is 24.6 Å². The predicted molar refractivity (Wildman–Crippen MR) is 85.6 cm³/mol. The molecule has 6 nitrogen and oxygen atoms in total. The molecule has 1 heterocycles. The number of benzene rings is 1. The highest BCUT2D eigenvalue weighted by Crippen LogP contribution is 2.20. The number of aryl methyl sites for hydroxylation is 1. The number of hydrogen-bond acceptors (Lipinski definition) is 6. The van der Waals surface area contributed by atoms with Gasteiger partial charge in [-0.25, -0.2) is 4.79 Å². The normalized spacial score (nSPS) is 11.6. The zero-order chi connectivity index (χ0) is 15.9. The van der Waals surface area contributed by atoms with E-state index in [1.807, 2.05) is 19.1 Å². The molecule has 0 aliphatic carbocycles. The summed E-state index contributed by atoms with van der Waals surface area (Å²) in [5.74, 6) is 5.00. The van der Waals surface area contributed by atoms with Crippen LogP contribution in [0, 0.1) is 6.92 Å². The maximum atomic E-state index is 11.6. The van der Waals surface area contributed by atoms with Gasteiger partial charge in [-0.15, -0.1) is 0 Å². The minimum Gasteiger partial charge on any atom is -0.465 e. The van der Waals surface area contributed by atoms with E-state index in [-0.39, 0.29) is 0 Å². The van der Waals surface area contributed by atoms with E-state index < -0.39 is 5.97 Å². The molecular formula is C16H16N4O2. The Labute approximate surface area is 128 Å². The Morgan fingerprint density at radius 2 is 2.14 bits per heavy atom. The van der Waals surface area contributed by atoms with E-state index in [1.165, 1.54) is 7.11 Å². The number of ether oxygens (including phenoxy) is 1. The highest BCUT2D eigenvalue weighted by molar-refractivity contribution is 6.38. The number of nitrogens with two attached hydrogens (primary N) is 1. The summed E-state index contributed by atoms with van der Waals surface area (Å²) >= 11 is 0. The first-order chi connectivity index (χ1) is 10.7. The Balaban J connectivity index is 2.31. The molecule has 6 heteroatoms. The lowest BCUT2D eigenvalue weighted by Gasteiger charge is -2.04. The first-order valence-electron chi connectivity index (χ1n) is 6.57. The van der Waals surface area contributed by atoms with Gasteiger partial charge >= 0.3 is 5.97 Å². The van der Waals surface area contributed by atoms with Crippen molar-refractivity contribution in [3.8, 4) is 0 Å². The molecule has 2 rings (SSSR count). The van der Waals surface area contributed by atoms with Crippen LogP contribution >= 0.6 is 0 Å². The standard InChI is InChI=1S/C16H16N4O2/c1-11-5-6-12(16(21)22-2)8-14(11)19-10-15(20-17)13-4-3-7-18-9-13/h3-10H,17H2,1-2H3/b19-10?,20-15+. The van der Waals surface area contributed by atoms with E-state index in [0.717, 1.165) is 11.1 Å². The molecule has 0 aliphatic heterocycles. The van der Waals surface area contributed by atoms with Crippen LogP contribution in [0.2, 0.25) is 0 Å². The van der Waals surface area contributed by atoms with Crippen molar-refractivity contribution in [1.82, 2.24) is 4.98 Å². The Morgan fingerprint density at radius 3 is 2.77 bits per heavy atom. The second kappa shape index (κ2) is 7.12. The largest absolute Gasteiger partial charge is 0.465 e. The van der Waals surface area contributed by atoms with Crippen molar-refractivity contribution in [3.05, 3.63) is 59.4 Å². The molecule has 0 saturated heterocycles. The summed E-state index contributed by atoms with van der Waals surface area (Å²) in [7, 11) is 1.34. The first-order valence-corrected chi connectivity index (χ1v) is 6.57. The van der Waals surface area contributed by atoms with Crippen LogP contribution in [0.4, 0.5) is 5.69 Å². The predicted octanol–water partition coefficient (Wildman–Crippen LogP) is 2.24. The van der Waals surface area contributed by atoms with E-state index in [0.29, 0.717) is 17.0 Å². The van der Waals surface area contributed by atoms with Crippen LogP contribution in [0.3, 0.4) is 0 Å². The SMILES string of the molecule is COC(=O)c1ccc(C)c(N=C/C(=N\N)c2cccnc2)c1. The smallest absolute Gasteiger partial charge is 0.337 e. The van der Waals surface area contributed by atoms with E-state index in [4.69, 9.17) is 10.6 Å². The van der Waals surface area contributed by atoms with Gasteiger partial charge in [0.15, 0.2) is 0 Å². The Bertz CT molecular complexity index is 724. The van der Waals surface area contributed by atoms with Crippen LogP contribution in [0.25, 0.3) is 0 Å². The number of methoxy groups -OCH3 is 1. The molecule has 0 aliphatic rings. The third-order valence-corrected chi connectivity index (χ3v) is 3.05. The molecule has 1 aromatic heterocycles. The summed E-state index contributed by atoms with van der Waals surface area (Å²) in [5, 5.41) is 3.71. The van der Waals surface area contributed by atoms with E-state index in [1.54, 1.807) is 36.8 Å². The summed E-state index contributed by atoms with van der Waals surface area (Å²) in [6.45, 7) is 1.90. The molecule has 1 aromatic carbocycles. The van der Waals surface area contributed by atoms with Gasteiger partial charge in [0.1, 0.15) is 5.71 Å². The van der Waals surface area contributed by atoms with Gasteiger partial charge < -0.3 is 10.6 Å². The van der Waals surface area contributed by atoms with Crippen LogP contribution in [-0.2, 0) is 4.74 Å². The summed E-state index contributed by atoms with van der Waals surface area (Å²) in [6.07, 6.45) is 4.86. The number of hydrogen-bond donors (Lipinski definition) is 1. The van der Waals surface area contributed by atoms with Crippen molar-refractivity contribution in [2.75, 3.05) is 7.11 Å². The molecule has 0 fully saturated rings. The van der Waals surface area contributed by atoms with Crippen molar-refractivity contribution in [2.45, 2.75) is 6.92 Å². The summed E-state index contributed by atoms with van der Waals surface area (Å²) in [5.41, 5.74) is 3.26. The summed E-state index contributed by atoms with van der Waals surface area (Å²) in [6, 6.07) is 8.79. The Kier molecular flexibility index (Phi) is 4.98. The lowest BCUT2D eigenvalue weighted by atomic mass is 10.1. The van der Waals surface area contributed by atoms with Gasteiger partial charge in [0.2, 0.25) is 0 Å². The fourth-order valence-corrected chi connectivity index (χ4v) is 1.82. The van der Waals surface area contributed by atoms with Gasteiger partial charge in [-0.2, -0.15) is 5.10 Å². The third-order valence-electron chi connectivity index (χ3n) is 3.05. The minimum atomic E-state index is -0.406. The molecule has 112 valence electrons. The topological polar surface area (TPSA) is 89.9 Å². The molecule has 0 amide bonds. The maximum Gasteiger partial charge on any atom is 0.337 e. The van der Waals surface area contributed by atoms with Crippen LogP contribution < -0.4 is 5.84 Å². The van der Waals surface area contributed by atoms with Crippen LogP contribution in [-0.4, -0.2) is 30.0 Å². The van der Waals surface area contributed by atoms with Crippen molar-refractivity contribution in [1.29, 1.82) is 0 Å². The van der Waals surface area contributed by atoms with Crippen molar-refractivity contribution < 1.29 is 9.53 Å². The average molecular weight is 296 g/mol. The van der Waals surface area contributed by atoms with Crippen molar-refractivity contribution >= 4 is 23.6 Å². The third kappa shape index (κ3) is 3.54. The molecule has 22 heavy (non-hydrogen) atoms. The van der Waals surface area contributed by atoms with Crippen LogP contribution in [0.1, 0.15) is 21.5 Å². The molecule has 0 bridgehead atoms. The van der Waals surface area contributed by atoms with Crippen molar-refractivity contribution in [2.24, 2.45) is 15.9 Å². The lowest BCUT2D eigenvalue weighted by molar-refractivity contribution is 0.0601. The van der Waals surface area contributed by atoms with E-state index in [2.05, 4.69) is 15.1 Å². The van der Waals surface area contributed by atoms with Crippen molar-refractivity contribution in [3.63, 3.8) is 0 Å². The second-order valence-electron chi connectivity index (χ2n) is 4.51. The Morgan fingerprint density at radius 1 is 1.32 bits per heavy atom. The monoisotopic (exact) mass is 296 g/mol. The van der Waals surface area contributed by atoms with Gasteiger partial charge in [0.25, 0.3) is 0 Å². The molecule has 0 radical (unpaired) electrons. The molecule has 0 atom stereocenters. The maximum absolute atomic E-state index is 11.6. The van der Waals surface area contributed by atoms with Crippen LogP contribution in [0.5, 0.6) is 0 Å². The van der Waals surface area contributed by atoms with Crippen LogP contribution in [0.15, 0.2) is 52.8 Å². The Hall–Kier alpha value is -3.02. The number of aromatic nitrogens is 1. The number of rotatable bonds is 4. The quantitative estimate of drug-likeness (QED) is 0.405. The zero-order valence-corrected chi connectivity index (χ0v) is 12.4. The fraction of sp³-hybridized carbons (Fsp3) is 0.125. The number of aliphatic imine (C=N–C) groups is 1. The fourth-order valence-electron chi connectivity index (χ4n) is 1.82. The number of pyridine rings is 1. The molecular weight excluding hydrogens is 280 g/mol. The van der Waals surface area contributed by atoms with Gasteiger partial charge in [-0.05, 0) is 36.8 Å². The molecule has 0 spiro atoms. The molecule has 0 unspecified atom stereocenters. The number of carbonyl (C=O) groups is 1. The molecule has 2 aromatic rings. The highest BCUT2D eigenvalue weighted by atomic mass is 16.5. The number of carbonyl (C=O) groups excluding carboxylic acids is 1. The summed E-state index contributed by atoms with van der Waals surface area (Å²) < 4.78 is 4.70. The first kappa shape index (κ1) is 15.4. The second-order valence-corrected chi connectivity index (χ2v) is 4.51. The number of nitrogens with zero attached hydrogens (tertiary/aromatic N) is 3. The zero-order valence-electron chi connectivity index (χ0n) is 12.4. The van der Waals surface area contributed by atoms with E-state index in [9.17, 15) is 4.79 Å².